The Morgan fingerprint density at radius 2 is 1.69 bits per heavy atom. The highest BCUT2D eigenvalue weighted by atomic mass is 16.5. The average Bonchev–Trinajstić information content (AvgIpc) is 2.62. The lowest BCUT2D eigenvalue weighted by atomic mass is 10.0. The van der Waals surface area contributed by atoms with Crippen LogP contribution >= 0.6 is 0 Å². The first-order chi connectivity index (χ1) is 12.4. The molecule has 0 aliphatic heterocycles. The maximum Gasteiger partial charge on any atom is 0.260 e. The fourth-order valence-electron chi connectivity index (χ4n) is 2.67. The number of nitrogens with one attached hydrogen (secondary N) is 1. The minimum Gasteiger partial charge on any atom is -0.491 e. The molecular formula is C22H29NO3. The van der Waals surface area contributed by atoms with Gasteiger partial charge in [0, 0.05) is 0 Å². The van der Waals surface area contributed by atoms with E-state index >= 15 is 0 Å². The number of aryl methyl sites for hydroxylation is 1. The summed E-state index contributed by atoms with van der Waals surface area (Å²) in [6.07, 6.45) is -0.560. The van der Waals surface area contributed by atoms with E-state index < -0.39 is 6.10 Å². The minimum absolute atomic E-state index is 0.145. The molecule has 0 saturated carbocycles. The van der Waals surface area contributed by atoms with Crippen molar-refractivity contribution in [1.82, 2.24) is 5.32 Å². The van der Waals surface area contributed by atoms with Gasteiger partial charge in [0.1, 0.15) is 18.1 Å². The van der Waals surface area contributed by atoms with Crippen LogP contribution in [0, 0.1) is 13.8 Å². The summed E-state index contributed by atoms with van der Waals surface area (Å²) < 4.78 is 11.6. The van der Waals surface area contributed by atoms with Crippen LogP contribution in [-0.2, 0) is 4.79 Å². The normalized spacial score (nSPS) is 11.9. The SMILES string of the molecule is Cc1cccc(OCCNC(=O)C(C)Oc2ccccc2C(C)C)c1C. The molecule has 0 aliphatic carbocycles. The molecule has 140 valence electrons. The average molecular weight is 355 g/mol. The molecule has 2 rings (SSSR count). The van der Waals surface area contributed by atoms with Crippen LogP contribution in [0.5, 0.6) is 11.5 Å². The van der Waals surface area contributed by atoms with Gasteiger partial charge in [0.2, 0.25) is 0 Å². The van der Waals surface area contributed by atoms with Crippen LogP contribution in [-0.4, -0.2) is 25.2 Å². The molecule has 26 heavy (non-hydrogen) atoms. The maximum atomic E-state index is 12.3. The lowest BCUT2D eigenvalue weighted by Crippen LogP contribution is -2.38. The van der Waals surface area contributed by atoms with E-state index in [9.17, 15) is 4.79 Å². The fourth-order valence-corrected chi connectivity index (χ4v) is 2.67. The van der Waals surface area contributed by atoms with Crippen molar-refractivity contribution in [3.63, 3.8) is 0 Å². The molecule has 2 aromatic rings. The minimum atomic E-state index is -0.560. The van der Waals surface area contributed by atoms with Crippen LogP contribution in [0.3, 0.4) is 0 Å². The summed E-state index contributed by atoms with van der Waals surface area (Å²) in [6, 6.07) is 13.8. The van der Waals surface area contributed by atoms with Crippen molar-refractivity contribution in [1.29, 1.82) is 0 Å². The Kier molecular flexibility index (Phi) is 7.07. The van der Waals surface area contributed by atoms with Gasteiger partial charge >= 0.3 is 0 Å². The van der Waals surface area contributed by atoms with Gasteiger partial charge in [-0.05, 0) is 55.5 Å². The first kappa shape index (κ1) is 19.8. The van der Waals surface area contributed by atoms with Crippen molar-refractivity contribution in [2.24, 2.45) is 0 Å². The van der Waals surface area contributed by atoms with Crippen LogP contribution in [0.15, 0.2) is 42.5 Å². The molecule has 0 aliphatic rings. The highest BCUT2D eigenvalue weighted by Crippen LogP contribution is 2.26. The van der Waals surface area contributed by atoms with Crippen molar-refractivity contribution in [3.8, 4) is 11.5 Å². The van der Waals surface area contributed by atoms with Gasteiger partial charge in [-0.2, -0.15) is 0 Å². The quantitative estimate of drug-likeness (QED) is 0.715. The summed E-state index contributed by atoms with van der Waals surface area (Å²) in [5.41, 5.74) is 3.42. The Bertz CT molecular complexity index is 740. The maximum absolute atomic E-state index is 12.3. The van der Waals surface area contributed by atoms with E-state index in [0.717, 1.165) is 22.6 Å². The highest BCUT2D eigenvalue weighted by molar-refractivity contribution is 5.80. The molecule has 0 fully saturated rings. The zero-order chi connectivity index (χ0) is 19.1. The van der Waals surface area contributed by atoms with Crippen LogP contribution in [0.1, 0.15) is 43.4 Å². The fraction of sp³-hybridized carbons (Fsp3) is 0.409. The molecule has 1 amide bonds. The summed E-state index contributed by atoms with van der Waals surface area (Å²) in [7, 11) is 0. The summed E-state index contributed by atoms with van der Waals surface area (Å²) in [6.45, 7) is 10.9. The number of rotatable bonds is 8. The van der Waals surface area contributed by atoms with E-state index in [0.29, 0.717) is 19.1 Å². The highest BCUT2D eigenvalue weighted by Gasteiger charge is 2.16. The number of hydrogen-bond donors (Lipinski definition) is 1. The molecule has 0 radical (unpaired) electrons. The van der Waals surface area contributed by atoms with Gasteiger partial charge in [-0.1, -0.05) is 44.2 Å². The molecule has 1 atom stereocenters. The molecule has 0 bridgehead atoms. The third-order valence-corrected chi connectivity index (χ3v) is 4.43. The number of benzene rings is 2. The number of carbonyl (C=O) groups is 1. The van der Waals surface area contributed by atoms with E-state index in [1.165, 1.54) is 5.56 Å². The van der Waals surface area contributed by atoms with Gasteiger partial charge in [0.15, 0.2) is 6.10 Å². The van der Waals surface area contributed by atoms with Gasteiger partial charge in [-0.15, -0.1) is 0 Å². The van der Waals surface area contributed by atoms with Crippen molar-refractivity contribution in [3.05, 3.63) is 59.2 Å². The van der Waals surface area contributed by atoms with E-state index in [1.54, 1.807) is 6.92 Å². The van der Waals surface area contributed by atoms with Crippen molar-refractivity contribution >= 4 is 5.91 Å². The van der Waals surface area contributed by atoms with E-state index in [2.05, 4.69) is 32.2 Å². The van der Waals surface area contributed by atoms with Crippen molar-refractivity contribution in [2.45, 2.75) is 46.6 Å². The predicted molar refractivity (Wildman–Crippen MR) is 105 cm³/mol. The van der Waals surface area contributed by atoms with Gasteiger partial charge in [0.05, 0.1) is 6.54 Å². The molecule has 2 aromatic carbocycles. The number of ether oxygens (including phenoxy) is 2. The number of para-hydroxylation sites is 1. The summed E-state index contributed by atoms with van der Waals surface area (Å²) in [4.78, 5) is 12.3. The van der Waals surface area contributed by atoms with E-state index in [1.807, 2.05) is 43.3 Å². The second-order valence-electron chi connectivity index (χ2n) is 6.79. The van der Waals surface area contributed by atoms with Crippen molar-refractivity contribution < 1.29 is 14.3 Å². The summed E-state index contributed by atoms with van der Waals surface area (Å²) >= 11 is 0. The van der Waals surface area contributed by atoms with Crippen LogP contribution in [0.4, 0.5) is 0 Å². The molecule has 1 unspecified atom stereocenters. The Labute approximate surface area is 156 Å². The summed E-state index contributed by atoms with van der Waals surface area (Å²) in [5.74, 6) is 1.81. The largest absolute Gasteiger partial charge is 0.491 e. The monoisotopic (exact) mass is 355 g/mol. The topological polar surface area (TPSA) is 47.6 Å². The van der Waals surface area contributed by atoms with Gasteiger partial charge < -0.3 is 14.8 Å². The lowest BCUT2D eigenvalue weighted by Gasteiger charge is -2.19. The Hall–Kier alpha value is -2.49. The number of hydrogen-bond acceptors (Lipinski definition) is 3. The van der Waals surface area contributed by atoms with Crippen LogP contribution in [0.25, 0.3) is 0 Å². The standard InChI is InChI=1S/C22H29NO3/c1-15(2)19-10-6-7-11-21(19)26-18(5)22(24)23-13-14-25-20-12-8-9-16(3)17(20)4/h6-12,15,18H,13-14H2,1-5H3,(H,23,24). The Morgan fingerprint density at radius 1 is 1.00 bits per heavy atom. The molecular weight excluding hydrogens is 326 g/mol. The first-order valence-corrected chi connectivity index (χ1v) is 9.12. The third kappa shape index (κ3) is 5.25. The first-order valence-electron chi connectivity index (χ1n) is 9.12. The van der Waals surface area contributed by atoms with Gasteiger partial charge in [0.25, 0.3) is 5.91 Å². The van der Waals surface area contributed by atoms with Gasteiger partial charge in [-0.3, -0.25) is 4.79 Å². The molecule has 0 spiro atoms. The van der Waals surface area contributed by atoms with E-state index in [-0.39, 0.29) is 5.91 Å². The van der Waals surface area contributed by atoms with Gasteiger partial charge in [-0.25, -0.2) is 0 Å². The molecule has 4 heteroatoms. The second kappa shape index (κ2) is 9.27. The van der Waals surface area contributed by atoms with Crippen LogP contribution in [0.2, 0.25) is 0 Å². The summed E-state index contributed by atoms with van der Waals surface area (Å²) in [5, 5.41) is 2.87. The third-order valence-electron chi connectivity index (χ3n) is 4.43. The van der Waals surface area contributed by atoms with E-state index in [4.69, 9.17) is 9.47 Å². The Morgan fingerprint density at radius 3 is 2.42 bits per heavy atom. The molecule has 0 aromatic heterocycles. The molecule has 0 heterocycles. The van der Waals surface area contributed by atoms with Crippen molar-refractivity contribution in [2.75, 3.05) is 13.2 Å². The second-order valence-corrected chi connectivity index (χ2v) is 6.79. The lowest BCUT2D eigenvalue weighted by molar-refractivity contribution is -0.127. The molecule has 0 saturated heterocycles. The zero-order valence-electron chi connectivity index (χ0n) is 16.3. The predicted octanol–water partition coefficient (Wildman–Crippen LogP) is 4.39. The molecule has 4 nitrogen and oxygen atoms in total. The molecule has 1 N–H and O–H groups in total. The zero-order valence-corrected chi connectivity index (χ0v) is 16.3. The smallest absolute Gasteiger partial charge is 0.260 e. The number of amides is 1. The van der Waals surface area contributed by atoms with Crippen LogP contribution < -0.4 is 14.8 Å². The Balaban J connectivity index is 1.82. The number of carbonyl (C=O) groups excluding carboxylic acids is 1.